The molecule has 1 unspecified atom stereocenters. The molecule has 2 amide bonds. The van der Waals surface area contributed by atoms with Crippen LogP contribution in [0.5, 0.6) is 0 Å². The van der Waals surface area contributed by atoms with Crippen molar-refractivity contribution in [2.45, 2.75) is 19.5 Å². The van der Waals surface area contributed by atoms with Crippen LogP contribution < -0.4 is 5.32 Å². The number of amides is 2. The van der Waals surface area contributed by atoms with Crippen LogP contribution in [0, 0.1) is 6.92 Å². The van der Waals surface area contributed by atoms with Crippen molar-refractivity contribution in [1.82, 2.24) is 9.47 Å². The molecule has 154 valence electrons. The van der Waals surface area contributed by atoms with Crippen molar-refractivity contribution in [3.05, 3.63) is 118 Å². The van der Waals surface area contributed by atoms with Crippen LogP contribution in [0.1, 0.15) is 28.4 Å². The van der Waals surface area contributed by atoms with Gasteiger partial charge in [0.25, 0.3) is 0 Å². The lowest BCUT2D eigenvalue weighted by atomic mass is 10.0. The number of anilines is 1. The zero-order valence-electron chi connectivity index (χ0n) is 17.1. The average Bonchev–Trinajstić information content (AvgIpc) is 3.20. The third-order valence-electron chi connectivity index (χ3n) is 5.71. The number of urea groups is 1. The molecule has 0 aliphatic carbocycles. The van der Waals surface area contributed by atoms with Crippen molar-refractivity contribution in [2.75, 3.05) is 5.32 Å². The van der Waals surface area contributed by atoms with Gasteiger partial charge in [-0.25, -0.2) is 4.79 Å². The minimum Gasteiger partial charge on any atom is -0.318 e. The summed E-state index contributed by atoms with van der Waals surface area (Å²) in [7, 11) is 0. The summed E-state index contributed by atoms with van der Waals surface area (Å²) in [5, 5.41) is 3.09. The molecule has 2 heterocycles. The summed E-state index contributed by atoms with van der Waals surface area (Å²) in [5.74, 6) is 0. The fourth-order valence-corrected chi connectivity index (χ4v) is 4.43. The Morgan fingerprint density at radius 2 is 1.68 bits per heavy atom. The van der Waals surface area contributed by atoms with Gasteiger partial charge in [0.05, 0.1) is 18.3 Å². The second kappa shape index (κ2) is 8.08. The summed E-state index contributed by atoms with van der Waals surface area (Å²) in [5.41, 5.74) is 6.34. The van der Waals surface area contributed by atoms with Crippen LogP contribution in [0.3, 0.4) is 0 Å². The van der Waals surface area contributed by atoms with Crippen molar-refractivity contribution in [3.8, 4) is 5.69 Å². The Morgan fingerprint density at radius 3 is 2.45 bits per heavy atom. The lowest BCUT2D eigenvalue weighted by molar-refractivity contribution is 0.194. The first kappa shape index (κ1) is 19.6. The van der Waals surface area contributed by atoms with Gasteiger partial charge in [-0.2, -0.15) is 0 Å². The molecule has 1 N–H and O–H groups in total. The minimum atomic E-state index is -0.210. The van der Waals surface area contributed by atoms with Gasteiger partial charge in [0.1, 0.15) is 0 Å². The van der Waals surface area contributed by atoms with Crippen LogP contribution in [0.4, 0.5) is 10.5 Å². The van der Waals surface area contributed by atoms with E-state index in [-0.39, 0.29) is 12.1 Å². The van der Waals surface area contributed by atoms with E-state index >= 15 is 0 Å². The number of hydrogen-bond donors (Lipinski definition) is 1. The highest BCUT2D eigenvalue weighted by atomic mass is 79.9. The summed E-state index contributed by atoms with van der Waals surface area (Å²) in [6.45, 7) is 2.59. The zero-order valence-corrected chi connectivity index (χ0v) is 18.7. The predicted octanol–water partition coefficient (Wildman–Crippen LogP) is 6.69. The van der Waals surface area contributed by atoms with Gasteiger partial charge in [0.2, 0.25) is 0 Å². The number of aromatic nitrogens is 1. The largest absolute Gasteiger partial charge is 0.322 e. The van der Waals surface area contributed by atoms with Gasteiger partial charge < -0.3 is 14.8 Å². The van der Waals surface area contributed by atoms with Gasteiger partial charge in [-0.1, -0.05) is 64.0 Å². The topological polar surface area (TPSA) is 37.3 Å². The lowest BCUT2D eigenvalue weighted by Crippen LogP contribution is -2.37. The molecule has 1 atom stereocenters. The van der Waals surface area contributed by atoms with E-state index in [0.29, 0.717) is 6.54 Å². The number of fused-ring (bicyclic) bond motifs is 3. The molecule has 1 aliphatic heterocycles. The van der Waals surface area contributed by atoms with Gasteiger partial charge >= 0.3 is 6.03 Å². The highest BCUT2D eigenvalue weighted by Crippen LogP contribution is 2.37. The molecular weight excluding hydrogens is 450 g/mol. The fraction of sp³-hybridized carbons (Fsp3) is 0.115. The Balaban J connectivity index is 1.62. The van der Waals surface area contributed by atoms with Crippen LogP contribution >= 0.6 is 15.9 Å². The smallest absolute Gasteiger partial charge is 0.318 e. The Labute approximate surface area is 190 Å². The molecule has 0 bridgehead atoms. The summed E-state index contributed by atoms with van der Waals surface area (Å²) in [6, 6.07) is 28.2. The van der Waals surface area contributed by atoms with E-state index in [9.17, 15) is 4.79 Å². The number of aryl methyl sites for hydroxylation is 1. The van der Waals surface area contributed by atoms with Crippen LogP contribution in [-0.4, -0.2) is 15.5 Å². The molecule has 4 nitrogen and oxygen atoms in total. The fourth-order valence-electron chi connectivity index (χ4n) is 4.17. The van der Waals surface area contributed by atoms with Crippen LogP contribution in [0.25, 0.3) is 5.69 Å². The SMILES string of the molecule is Cc1ccc(C2c3cccn3-c3ccccc3CN2C(=O)Nc2ccc(Br)cc2)cc1. The highest BCUT2D eigenvalue weighted by Gasteiger charge is 2.32. The molecular formula is C26H22BrN3O. The number of rotatable bonds is 2. The Kier molecular flexibility index (Phi) is 5.12. The summed E-state index contributed by atoms with van der Waals surface area (Å²) >= 11 is 3.45. The third kappa shape index (κ3) is 3.77. The molecule has 1 aliphatic rings. The zero-order chi connectivity index (χ0) is 21.4. The molecule has 0 fully saturated rings. The van der Waals surface area contributed by atoms with E-state index in [1.807, 2.05) is 47.4 Å². The van der Waals surface area contributed by atoms with Crippen molar-refractivity contribution in [3.63, 3.8) is 0 Å². The minimum absolute atomic E-state index is 0.127. The van der Waals surface area contributed by atoms with Gasteiger partial charge in [-0.3, -0.25) is 0 Å². The third-order valence-corrected chi connectivity index (χ3v) is 6.24. The van der Waals surface area contributed by atoms with Gasteiger partial charge in [-0.05, 0) is 60.5 Å². The maximum atomic E-state index is 13.6. The van der Waals surface area contributed by atoms with Crippen LogP contribution in [0.15, 0.2) is 95.6 Å². The van der Waals surface area contributed by atoms with Crippen molar-refractivity contribution in [2.24, 2.45) is 0 Å². The van der Waals surface area contributed by atoms with E-state index < -0.39 is 0 Å². The molecule has 3 aromatic carbocycles. The average molecular weight is 472 g/mol. The van der Waals surface area contributed by atoms with Gasteiger partial charge in [-0.15, -0.1) is 0 Å². The summed E-state index contributed by atoms with van der Waals surface area (Å²) in [4.78, 5) is 15.5. The number of carbonyl (C=O) groups is 1. The first-order chi connectivity index (χ1) is 15.1. The first-order valence-electron chi connectivity index (χ1n) is 10.3. The van der Waals surface area contributed by atoms with E-state index in [1.54, 1.807) is 0 Å². The number of nitrogens with one attached hydrogen (secondary N) is 1. The number of nitrogens with zero attached hydrogens (tertiary/aromatic N) is 2. The second-order valence-corrected chi connectivity index (χ2v) is 8.73. The molecule has 5 rings (SSSR count). The standard InChI is InChI=1S/C26H22BrN3O/c1-18-8-10-19(11-9-18)25-24-7-4-16-29(24)23-6-3-2-5-20(23)17-30(25)26(31)28-22-14-12-21(27)13-15-22/h2-16,25H,17H2,1H3,(H,28,31). The number of halogens is 1. The molecule has 0 saturated carbocycles. The molecule has 0 saturated heterocycles. The van der Waals surface area contributed by atoms with Crippen molar-refractivity contribution < 1.29 is 4.79 Å². The highest BCUT2D eigenvalue weighted by molar-refractivity contribution is 9.10. The normalized spacial score (nSPS) is 15.0. The number of benzene rings is 3. The molecule has 0 spiro atoms. The van der Waals surface area contributed by atoms with Crippen LogP contribution in [-0.2, 0) is 6.54 Å². The molecule has 4 aromatic rings. The number of para-hydroxylation sites is 1. The van der Waals surface area contributed by atoms with Crippen LogP contribution in [0.2, 0.25) is 0 Å². The first-order valence-corrected chi connectivity index (χ1v) is 11.0. The Bertz CT molecular complexity index is 1230. The maximum Gasteiger partial charge on any atom is 0.322 e. The second-order valence-electron chi connectivity index (χ2n) is 7.81. The Morgan fingerprint density at radius 1 is 0.935 bits per heavy atom. The summed E-state index contributed by atoms with van der Waals surface area (Å²) < 4.78 is 3.18. The lowest BCUT2D eigenvalue weighted by Gasteiger charge is -2.31. The number of hydrogen-bond acceptors (Lipinski definition) is 1. The monoisotopic (exact) mass is 471 g/mol. The quantitative estimate of drug-likeness (QED) is 0.347. The molecule has 31 heavy (non-hydrogen) atoms. The predicted molar refractivity (Wildman–Crippen MR) is 127 cm³/mol. The molecule has 0 radical (unpaired) electrons. The van der Waals surface area contributed by atoms with Gasteiger partial charge in [0.15, 0.2) is 0 Å². The van der Waals surface area contributed by atoms with Crippen molar-refractivity contribution in [1.29, 1.82) is 0 Å². The van der Waals surface area contributed by atoms with E-state index in [0.717, 1.165) is 32.7 Å². The number of carbonyl (C=O) groups excluding carboxylic acids is 1. The van der Waals surface area contributed by atoms with E-state index in [1.165, 1.54) is 5.56 Å². The molecule has 1 aromatic heterocycles. The van der Waals surface area contributed by atoms with E-state index in [2.05, 4.69) is 81.4 Å². The van der Waals surface area contributed by atoms with E-state index in [4.69, 9.17) is 0 Å². The Hall–Kier alpha value is -3.31. The van der Waals surface area contributed by atoms with Crippen molar-refractivity contribution >= 4 is 27.6 Å². The van der Waals surface area contributed by atoms with Gasteiger partial charge in [0, 0.05) is 22.1 Å². The molecule has 5 heteroatoms. The maximum absolute atomic E-state index is 13.6. The summed E-state index contributed by atoms with van der Waals surface area (Å²) in [6.07, 6.45) is 2.07.